The predicted octanol–water partition coefficient (Wildman–Crippen LogP) is 5.88. The average Bonchev–Trinajstić information content (AvgIpc) is 3.23. The van der Waals surface area contributed by atoms with Crippen LogP contribution < -0.4 is 4.90 Å². The van der Waals surface area contributed by atoms with Crippen LogP contribution >= 0.6 is 11.6 Å². The van der Waals surface area contributed by atoms with Crippen molar-refractivity contribution in [1.82, 2.24) is 14.8 Å². The molecule has 1 aromatic heterocycles. The van der Waals surface area contributed by atoms with E-state index in [0.29, 0.717) is 24.0 Å². The summed E-state index contributed by atoms with van der Waals surface area (Å²) in [6, 6.07) is 4.33. The molecule has 0 spiro atoms. The molecule has 36 heavy (non-hydrogen) atoms. The Kier molecular flexibility index (Phi) is 8.83. The molecule has 0 aromatic carbocycles. The number of piperazine rings is 1. The number of likely N-dealkylation sites (tertiary alicyclic amines) is 1. The Labute approximate surface area is 219 Å². The number of hydrogen-bond donors (Lipinski definition) is 0. The van der Waals surface area contributed by atoms with Gasteiger partial charge in [0.05, 0.1) is 5.02 Å². The molecule has 1 aliphatic carbocycles. The maximum atomic E-state index is 14.1. The van der Waals surface area contributed by atoms with Crippen LogP contribution in [0.5, 0.6) is 0 Å². The molecule has 2 fully saturated rings. The molecular formula is C28H38ClFN6. The van der Waals surface area contributed by atoms with Gasteiger partial charge in [0.1, 0.15) is 17.5 Å². The molecule has 6 nitrogen and oxygen atoms in total. The molecule has 3 aliphatic rings. The minimum Gasteiger partial charge on any atom is -0.352 e. The lowest BCUT2D eigenvalue weighted by atomic mass is 10.0. The molecule has 2 aliphatic heterocycles. The number of nitrogens with zero attached hydrogens (tertiary/aromatic N) is 6. The summed E-state index contributed by atoms with van der Waals surface area (Å²) in [6.45, 7) is 14.3. The molecule has 194 valence electrons. The van der Waals surface area contributed by atoms with Crippen molar-refractivity contribution in [2.75, 3.05) is 37.6 Å². The van der Waals surface area contributed by atoms with Gasteiger partial charge in [-0.1, -0.05) is 30.3 Å². The van der Waals surface area contributed by atoms with Crippen molar-refractivity contribution in [1.29, 1.82) is 0 Å². The Morgan fingerprint density at radius 2 is 2.06 bits per heavy atom. The standard InChI is InChI=1S/C28H38ClFN6/c1-5-26(35-17-16-34(19-22(35)4)27-24(29)9-6-14-31-27)33-28(36-15-7-8-21(36)3)32-18-23-11-10-20(2)25(30)13-12-23/h5-6,9-11,14,21-23H,1,7-8,12-13,15-19H2,2-4H3/b32-28?,33-26+. The van der Waals surface area contributed by atoms with Crippen LogP contribution in [0.3, 0.4) is 0 Å². The fourth-order valence-electron chi connectivity index (χ4n) is 5.18. The van der Waals surface area contributed by atoms with Crippen molar-refractivity contribution in [2.45, 2.75) is 58.5 Å². The third-order valence-corrected chi connectivity index (χ3v) is 7.71. The average molecular weight is 513 g/mol. The van der Waals surface area contributed by atoms with E-state index in [1.807, 2.05) is 31.2 Å². The van der Waals surface area contributed by atoms with E-state index in [4.69, 9.17) is 21.6 Å². The van der Waals surface area contributed by atoms with E-state index in [-0.39, 0.29) is 17.8 Å². The maximum absolute atomic E-state index is 14.1. The number of hydrogen-bond acceptors (Lipinski definition) is 3. The Hall–Kier alpha value is -2.67. The summed E-state index contributed by atoms with van der Waals surface area (Å²) in [5, 5.41) is 0.672. The molecule has 2 saturated heterocycles. The second-order valence-electron chi connectivity index (χ2n) is 10.0. The molecule has 0 saturated carbocycles. The van der Waals surface area contributed by atoms with Gasteiger partial charge in [-0.3, -0.25) is 4.99 Å². The van der Waals surface area contributed by atoms with Crippen molar-refractivity contribution in [3.8, 4) is 0 Å². The number of guanidine groups is 1. The topological polar surface area (TPSA) is 47.3 Å². The molecule has 8 heteroatoms. The van der Waals surface area contributed by atoms with Crippen LogP contribution in [0.2, 0.25) is 5.02 Å². The van der Waals surface area contributed by atoms with E-state index in [9.17, 15) is 4.39 Å². The Morgan fingerprint density at radius 3 is 2.75 bits per heavy atom. The lowest BCUT2D eigenvalue weighted by Crippen LogP contribution is -2.54. The molecule has 0 radical (unpaired) electrons. The number of amidine groups is 1. The van der Waals surface area contributed by atoms with E-state index in [2.05, 4.69) is 46.2 Å². The van der Waals surface area contributed by atoms with Crippen molar-refractivity contribution in [2.24, 2.45) is 15.9 Å². The molecule has 0 amide bonds. The molecule has 3 heterocycles. The zero-order chi connectivity index (χ0) is 25.7. The van der Waals surface area contributed by atoms with Crippen LogP contribution in [0.15, 0.2) is 64.5 Å². The van der Waals surface area contributed by atoms with E-state index >= 15 is 0 Å². The van der Waals surface area contributed by atoms with E-state index < -0.39 is 0 Å². The molecule has 4 rings (SSSR count). The van der Waals surface area contributed by atoms with Crippen molar-refractivity contribution in [3.05, 3.63) is 59.6 Å². The number of anilines is 1. The SMILES string of the molecule is C=C/C(=N\C(=NCC1C=CC(C)=C(F)CC1)N1CCCC1C)N1CCN(c2ncccc2Cl)CC1C. The van der Waals surface area contributed by atoms with Crippen molar-refractivity contribution < 1.29 is 4.39 Å². The number of pyridine rings is 1. The van der Waals surface area contributed by atoms with E-state index in [0.717, 1.165) is 68.6 Å². The largest absolute Gasteiger partial charge is 0.352 e. The minimum absolute atomic E-state index is 0.0156. The number of aliphatic imine (C=N–C) groups is 2. The highest BCUT2D eigenvalue weighted by Gasteiger charge is 2.29. The normalized spacial score (nSPS) is 26.0. The van der Waals surface area contributed by atoms with Gasteiger partial charge in [0.25, 0.3) is 0 Å². The molecule has 1 aromatic rings. The first-order chi connectivity index (χ1) is 17.4. The zero-order valence-electron chi connectivity index (χ0n) is 21.7. The molecule has 0 bridgehead atoms. The lowest BCUT2D eigenvalue weighted by molar-refractivity contribution is 0.298. The van der Waals surface area contributed by atoms with Gasteiger partial charge in [-0.2, -0.15) is 4.99 Å². The third-order valence-electron chi connectivity index (χ3n) is 7.42. The fourth-order valence-corrected chi connectivity index (χ4v) is 5.42. The highest BCUT2D eigenvalue weighted by molar-refractivity contribution is 6.32. The number of allylic oxidation sites excluding steroid dienone is 3. The van der Waals surface area contributed by atoms with Gasteiger partial charge < -0.3 is 14.7 Å². The van der Waals surface area contributed by atoms with Gasteiger partial charge in [0.15, 0.2) is 0 Å². The van der Waals surface area contributed by atoms with E-state index in [1.54, 1.807) is 6.20 Å². The summed E-state index contributed by atoms with van der Waals surface area (Å²) in [5.41, 5.74) is 0.724. The van der Waals surface area contributed by atoms with Crippen LogP contribution in [0, 0.1) is 5.92 Å². The first-order valence-electron chi connectivity index (χ1n) is 13.0. The first kappa shape index (κ1) is 26.4. The van der Waals surface area contributed by atoms with Crippen molar-refractivity contribution in [3.63, 3.8) is 0 Å². The molecule has 3 atom stereocenters. The number of aromatic nitrogens is 1. The highest BCUT2D eigenvalue weighted by Crippen LogP contribution is 2.26. The van der Waals surface area contributed by atoms with Gasteiger partial charge in [0, 0.05) is 57.4 Å². The van der Waals surface area contributed by atoms with E-state index in [1.165, 1.54) is 0 Å². The second kappa shape index (κ2) is 12.0. The summed E-state index contributed by atoms with van der Waals surface area (Å²) in [6.07, 6.45) is 11.1. The predicted molar refractivity (Wildman–Crippen MR) is 149 cm³/mol. The third kappa shape index (κ3) is 6.17. The monoisotopic (exact) mass is 512 g/mol. The highest BCUT2D eigenvalue weighted by atomic mass is 35.5. The van der Waals surface area contributed by atoms with Crippen molar-refractivity contribution >= 4 is 29.2 Å². The smallest absolute Gasteiger partial charge is 0.222 e. The van der Waals surface area contributed by atoms with Crippen LogP contribution in [0.25, 0.3) is 0 Å². The summed E-state index contributed by atoms with van der Waals surface area (Å²) in [7, 11) is 0. The first-order valence-corrected chi connectivity index (χ1v) is 13.4. The van der Waals surface area contributed by atoms with Crippen LogP contribution in [-0.2, 0) is 0 Å². The summed E-state index contributed by atoms with van der Waals surface area (Å²) < 4.78 is 14.1. The Balaban J connectivity index is 1.53. The van der Waals surface area contributed by atoms with Gasteiger partial charge in [-0.15, -0.1) is 0 Å². The van der Waals surface area contributed by atoms with Crippen LogP contribution in [-0.4, -0.2) is 71.4 Å². The van der Waals surface area contributed by atoms with Gasteiger partial charge >= 0.3 is 0 Å². The van der Waals surface area contributed by atoms with Crippen LogP contribution in [0.4, 0.5) is 10.2 Å². The summed E-state index contributed by atoms with van der Waals surface area (Å²) in [4.78, 5) is 21.4. The molecule has 0 N–H and O–H groups in total. The zero-order valence-corrected chi connectivity index (χ0v) is 22.5. The van der Waals surface area contributed by atoms with Gasteiger partial charge in [-0.05, 0) is 69.7 Å². The second-order valence-corrected chi connectivity index (χ2v) is 10.4. The van der Waals surface area contributed by atoms with Gasteiger partial charge in [-0.25, -0.2) is 9.37 Å². The fraction of sp³-hybridized carbons (Fsp3) is 0.536. The Morgan fingerprint density at radius 1 is 1.22 bits per heavy atom. The lowest BCUT2D eigenvalue weighted by Gasteiger charge is -2.41. The summed E-state index contributed by atoms with van der Waals surface area (Å²) in [5.74, 6) is 2.62. The quantitative estimate of drug-likeness (QED) is 0.373. The number of halogens is 2. The maximum Gasteiger partial charge on any atom is 0.222 e. The summed E-state index contributed by atoms with van der Waals surface area (Å²) >= 11 is 6.40. The van der Waals surface area contributed by atoms with Crippen LogP contribution in [0.1, 0.15) is 46.5 Å². The Bertz CT molecular complexity index is 1060. The molecular weight excluding hydrogens is 475 g/mol. The van der Waals surface area contributed by atoms with Gasteiger partial charge in [0.2, 0.25) is 5.96 Å². The minimum atomic E-state index is -0.0156. The number of rotatable bonds is 4. The molecule has 3 unspecified atom stereocenters.